The second kappa shape index (κ2) is 8.09. The predicted octanol–water partition coefficient (Wildman–Crippen LogP) is 5.43. The van der Waals surface area contributed by atoms with Gasteiger partial charge in [0, 0.05) is 10.0 Å². The number of sulfone groups is 2. The maximum absolute atomic E-state index is 12.9. The minimum Gasteiger partial charge on any atom is -0.224 e. The third-order valence-electron chi connectivity index (χ3n) is 4.37. The van der Waals surface area contributed by atoms with E-state index in [4.69, 9.17) is 23.2 Å². The van der Waals surface area contributed by atoms with Crippen LogP contribution in [0.1, 0.15) is 25.8 Å². The van der Waals surface area contributed by atoms with E-state index in [-0.39, 0.29) is 21.4 Å². The van der Waals surface area contributed by atoms with E-state index in [1.54, 1.807) is 0 Å². The number of benzene rings is 2. The molecule has 29 heavy (non-hydrogen) atoms. The van der Waals surface area contributed by atoms with Crippen LogP contribution in [-0.4, -0.2) is 27.3 Å². The monoisotopic (exact) mass is 488 g/mol. The third-order valence-corrected chi connectivity index (χ3v) is 9.03. The summed E-state index contributed by atoms with van der Waals surface area (Å²) < 4.78 is 88.0. The fourth-order valence-corrected chi connectivity index (χ4v) is 6.46. The Balaban J connectivity index is 2.33. The Kier molecular flexibility index (Phi) is 6.69. The zero-order valence-electron chi connectivity index (χ0n) is 15.3. The Morgan fingerprint density at radius 3 is 1.93 bits per heavy atom. The molecule has 0 heterocycles. The molecule has 11 heteroatoms. The van der Waals surface area contributed by atoms with Crippen molar-refractivity contribution in [2.75, 3.05) is 5.75 Å². The summed E-state index contributed by atoms with van der Waals surface area (Å²) in [6.07, 6.45) is -5.05. The molecule has 2 rings (SSSR count). The molecular weight excluding hydrogens is 472 g/mol. The molecule has 2 aromatic carbocycles. The van der Waals surface area contributed by atoms with Gasteiger partial charge in [-0.2, -0.15) is 13.2 Å². The molecule has 0 fully saturated rings. The van der Waals surface area contributed by atoms with Gasteiger partial charge in [0.25, 0.3) is 0 Å². The van der Waals surface area contributed by atoms with Crippen LogP contribution in [-0.2, 0) is 25.9 Å². The van der Waals surface area contributed by atoms with Crippen LogP contribution in [0.15, 0.2) is 52.3 Å². The highest BCUT2D eigenvalue weighted by Gasteiger charge is 2.39. The number of halogens is 5. The van der Waals surface area contributed by atoms with Crippen molar-refractivity contribution in [2.24, 2.45) is 0 Å². The Bertz CT molecular complexity index is 1110. The van der Waals surface area contributed by atoms with Crippen LogP contribution in [0.25, 0.3) is 0 Å². The average Bonchev–Trinajstić information content (AvgIpc) is 2.58. The van der Waals surface area contributed by atoms with Gasteiger partial charge in [-0.1, -0.05) is 29.3 Å². The molecule has 0 aliphatic carbocycles. The highest BCUT2D eigenvalue weighted by atomic mass is 35.5. The van der Waals surface area contributed by atoms with Crippen LogP contribution < -0.4 is 0 Å². The maximum atomic E-state index is 12.9. The first kappa shape index (κ1) is 24.0. The van der Waals surface area contributed by atoms with Gasteiger partial charge < -0.3 is 0 Å². The second-order valence-corrected chi connectivity index (χ2v) is 12.5. The number of hydrogen-bond donors (Lipinski definition) is 0. The summed E-state index contributed by atoms with van der Waals surface area (Å²) in [6.45, 7) is 2.53. The van der Waals surface area contributed by atoms with Crippen LogP contribution in [0, 0.1) is 0 Å². The largest absolute Gasteiger partial charge is 0.416 e. The van der Waals surface area contributed by atoms with Crippen molar-refractivity contribution in [1.29, 1.82) is 0 Å². The van der Waals surface area contributed by atoms with Crippen LogP contribution in [0.2, 0.25) is 10.0 Å². The molecule has 0 N–H and O–H groups in total. The Morgan fingerprint density at radius 2 is 1.41 bits per heavy atom. The second-order valence-electron chi connectivity index (χ2n) is 6.96. The van der Waals surface area contributed by atoms with Gasteiger partial charge in [-0.25, -0.2) is 16.8 Å². The standard InChI is InChI=1S/C18H17Cl2F3O4S2/c1-17(2,6-7-28(24,25)16-10-13(19)9-14(20)11-16)29(26,27)15-5-3-4-12(8-15)18(21,22)23/h3-5,8-11H,6-7H2,1-2H3. The number of rotatable bonds is 6. The minimum absolute atomic E-state index is 0.104. The maximum Gasteiger partial charge on any atom is 0.416 e. The Morgan fingerprint density at radius 1 is 0.862 bits per heavy atom. The van der Waals surface area contributed by atoms with Gasteiger partial charge in [-0.15, -0.1) is 0 Å². The highest BCUT2D eigenvalue weighted by Crippen LogP contribution is 2.35. The molecule has 0 amide bonds. The van der Waals surface area contributed by atoms with Gasteiger partial charge >= 0.3 is 6.18 Å². The van der Waals surface area contributed by atoms with Crippen molar-refractivity contribution < 1.29 is 30.0 Å². The molecule has 0 unspecified atom stereocenters. The zero-order chi connectivity index (χ0) is 22.3. The molecule has 4 nitrogen and oxygen atoms in total. The summed E-state index contributed by atoms with van der Waals surface area (Å²) in [6, 6.07) is 7.09. The molecule has 0 bridgehead atoms. The summed E-state index contributed by atoms with van der Waals surface area (Å²) in [5.41, 5.74) is -1.10. The van der Waals surface area contributed by atoms with Crippen molar-refractivity contribution in [3.63, 3.8) is 0 Å². The molecular formula is C18H17Cl2F3O4S2. The first-order valence-electron chi connectivity index (χ1n) is 8.17. The molecule has 0 spiro atoms. The Hall–Kier alpha value is -1.29. The van der Waals surface area contributed by atoms with Crippen molar-refractivity contribution in [3.8, 4) is 0 Å². The number of hydrogen-bond acceptors (Lipinski definition) is 4. The van der Waals surface area contributed by atoms with E-state index < -0.39 is 46.8 Å². The summed E-state index contributed by atoms with van der Waals surface area (Å²) in [4.78, 5) is -0.692. The molecule has 2 aromatic rings. The SMILES string of the molecule is CC(C)(CCS(=O)(=O)c1cc(Cl)cc(Cl)c1)S(=O)(=O)c1cccc(C(F)(F)F)c1. The molecule has 0 aromatic heterocycles. The lowest BCUT2D eigenvalue weighted by Gasteiger charge is -2.25. The van der Waals surface area contributed by atoms with E-state index in [9.17, 15) is 30.0 Å². The van der Waals surface area contributed by atoms with Crippen LogP contribution in [0.5, 0.6) is 0 Å². The first-order valence-corrected chi connectivity index (χ1v) is 12.1. The first-order chi connectivity index (χ1) is 13.1. The lowest BCUT2D eigenvalue weighted by Crippen LogP contribution is -2.34. The van der Waals surface area contributed by atoms with Gasteiger partial charge in [0.05, 0.1) is 25.9 Å². The lowest BCUT2D eigenvalue weighted by molar-refractivity contribution is -0.137. The van der Waals surface area contributed by atoms with Crippen molar-refractivity contribution in [1.82, 2.24) is 0 Å². The topological polar surface area (TPSA) is 68.3 Å². The fourth-order valence-electron chi connectivity index (χ4n) is 2.50. The van der Waals surface area contributed by atoms with Crippen LogP contribution >= 0.6 is 23.2 Å². The predicted molar refractivity (Wildman–Crippen MR) is 106 cm³/mol. The molecule has 0 aliphatic heterocycles. The van der Waals surface area contributed by atoms with E-state index in [2.05, 4.69) is 0 Å². The summed E-state index contributed by atoms with van der Waals surface area (Å²) in [5, 5.41) is 0.207. The van der Waals surface area contributed by atoms with E-state index in [1.807, 2.05) is 0 Å². The average molecular weight is 489 g/mol. The van der Waals surface area contributed by atoms with Gasteiger partial charge in [-0.3, -0.25) is 0 Å². The summed E-state index contributed by atoms with van der Waals surface area (Å²) in [5.74, 6) is -0.561. The smallest absolute Gasteiger partial charge is 0.224 e. The minimum atomic E-state index is -4.70. The summed E-state index contributed by atoms with van der Waals surface area (Å²) in [7, 11) is -8.18. The molecule has 0 radical (unpaired) electrons. The zero-order valence-corrected chi connectivity index (χ0v) is 18.4. The summed E-state index contributed by atoms with van der Waals surface area (Å²) >= 11 is 11.6. The van der Waals surface area contributed by atoms with Crippen molar-refractivity contribution in [3.05, 3.63) is 58.1 Å². The fraction of sp³-hybridized carbons (Fsp3) is 0.333. The third kappa shape index (κ3) is 5.45. The van der Waals surface area contributed by atoms with E-state index in [0.717, 1.165) is 18.2 Å². The Labute approximate surface area is 177 Å². The normalized spacial score (nSPS) is 13.5. The van der Waals surface area contributed by atoms with Crippen LogP contribution in [0.4, 0.5) is 13.2 Å². The van der Waals surface area contributed by atoms with Gasteiger partial charge in [0.1, 0.15) is 0 Å². The number of alkyl halides is 3. The molecule has 0 atom stereocenters. The van der Waals surface area contributed by atoms with Gasteiger partial charge in [-0.05, 0) is 56.7 Å². The lowest BCUT2D eigenvalue weighted by atomic mass is 10.1. The molecule has 0 saturated heterocycles. The molecule has 0 saturated carbocycles. The van der Waals surface area contributed by atoms with Crippen molar-refractivity contribution >= 4 is 42.9 Å². The van der Waals surface area contributed by atoms with Crippen molar-refractivity contribution in [2.45, 2.75) is 41.0 Å². The van der Waals surface area contributed by atoms with Crippen LogP contribution in [0.3, 0.4) is 0 Å². The van der Waals surface area contributed by atoms with Gasteiger partial charge in [0.2, 0.25) is 0 Å². The van der Waals surface area contributed by atoms with Gasteiger partial charge in [0.15, 0.2) is 19.7 Å². The van der Waals surface area contributed by atoms with E-state index >= 15 is 0 Å². The highest BCUT2D eigenvalue weighted by molar-refractivity contribution is 7.93. The van der Waals surface area contributed by atoms with E-state index in [1.165, 1.54) is 32.0 Å². The van der Waals surface area contributed by atoms with E-state index in [0.29, 0.717) is 6.07 Å². The molecule has 160 valence electrons. The molecule has 0 aliphatic rings. The quantitative estimate of drug-likeness (QED) is 0.543.